The lowest BCUT2D eigenvalue weighted by Crippen LogP contribution is -2.33. The average Bonchev–Trinajstić information content (AvgIpc) is 3.42. The van der Waals surface area contributed by atoms with Crippen LogP contribution in [-0.4, -0.2) is 33.2 Å². The maximum absolute atomic E-state index is 13.3. The van der Waals surface area contributed by atoms with E-state index in [9.17, 15) is 4.79 Å². The molecule has 0 radical (unpaired) electrons. The Hall–Kier alpha value is -2.35. The van der Waals surface area contributed by atoms with Gasteiger partial charge in [-0.3, -0.25) is 9.69 Å². The van der Waals surface area contributed by atoms with Gasteiger partial charge in [0.05, 0.1) is 23.0 Å². The van der Waals surface area contributed by atoms with Gasteiger partial charge in [0.15, 0.2) is 5.13 Å². The lowest BCUT2D eigenvalue weighted by molar-refractivity contribution is -0.118. The van der Waals surface area contributed by atoms with Crippen molar-refractivity contribution >= 4 is 56.8 Å². The van der Waals surface area contributed by atoms with Crippen LogP contribution in [0.5, 0.6) is 0 Å². The quantitative estimate of drug-likeness (QED) is 0.313. The fourth-order valence-corrected chi connectivity index (χ4v) is 4.86. The molecule has 162 valence electrons. The molecule has 4 rings (SSSR count). The van der Waals surface area contributed by atoms with E-state index in [1.807, 2.05) is 33.9 Å². The standard InChI is InChI=1S/C23H24N4OS2.ClH/c1-17-5-3-6-20-22(17)25-23(30-20)27(13-4-12-26-14-11-24-16-26)21(28)15-18-7-9-19(29-2)10-8-18;/h3,5-11,14,16H,4,12-13,15H2,1-2H3;1H. The molecule has 0 atom stereocenters. The number of thioether (sulfide) groups is 1. The summed E-state index contributed by atoms with van der Waals surface area (Å²) in [5.41, 5.74) is 3.14. The van der Waals surface area contributed by atoms with E-state index in [2.05, 4.69) is 42.4 Å². The zero-order chi connectivity index (χ0) is 20.9. The fraction of sp³-hybridized carbons (Fsp3) is 0.261. The number of amides is 1. The van der Waals surface area contributed by atoms with Gasteiger partial charge >= 0.3 is 0 Å². The molecule has 0 unspecified atom stereocenters. The lowest BCUT2D eigenvalue weighted by Gasteiger charge is -2.20. The maximum Gasteiger partial charge on any atom is 0.233 e. The molecule has 8 heteroatoms. The van der Waals surface area contributed by atoms with Gasteiger partial charge in [-0.15, -0.1) is 24.2 Å². The number of nitrogens with zero attached hydrogens (tertiary/aromatic N) is 4. The van der Waals surface area contributed by atoms with E-state index < -0.39 is 0 Å². The Morgan fingerprint density at radius 3 is 2.68 bits per heavy atom. The van der Waals surface area contributed by atoms with Gasteiger partial charge in [-0.05, 0) is 48.9 Å². The lowest BCUT2D eigenvalue weighted by atomic mass is 10.1. The Morgan fingerprint density at radius 2 is 2.00 bits per heavy atom. The summed E-state index contributed by atoms with van der Waals surface area (Å²) in [4.78, 5) is 25.3. The Kier molecular flexibility index (Phi) is 8.12. The van der Waals surface area contributed by atoms with Crippen molar-refractivity contribution < 1.29 is 4.79 Å². The summed E-state index contributed by atoms with van der Waals surface area (Å²) < 4.78 is 3.15. The molecule has 31 heavy (non-hydrogen) atoms. The van der Waals surface area contributed by atoms with Crippen LogP contribution in [0.3, 0.4) is 0 Å². The van der Waals surface area contributed by atoms with Gasteiger partial charge in [0.2, 0.25) is 5.91 Å². The molecule has 1 amide bonds. The second kappa shape index (κ2) is 10.8. The number of hydrogen-bond donors (Lipinski definition) is 0. The third kappa shape index (κ3) is 5.67. The number of benzene rings is 2. The minimum absolute atomic E-state index is 0. The van der Waals surface area contributed by atoms with Crippen LogP contribution in [0.15, 0.2) is 66.1 Å². The monoisotopic (exact) mass is 472 g/mol. The van der Waals surface area contributed by atoms with Gasteiger partial charge < -0.3 is 4.57 Å². The number of aryl methyl sites for hydroxylation is 2. The van der Waals surface area contributed by atoms with Crippen LogP contribution in [0.25, 0.3) is 10.2 Å². The van der Waals surface area contributed by atoms with E-state index in [4.69, 9.17) is 4.98 Å². The van der Waals surface area contributed by atoms with Gasteiger partial charge in [-0.25, -0.2) is 9.97 Å². The average molecular weight is 473 g/mol. The number of anilines is 1. The Balaban J connectivity index is 0.00000272. The molecule has 4 aromatic rings. The van der Waals surface area contributed by atoms with E-state index in [-0.39, 0.29) is 18.3 Å². The molecule has 5 nitrogen and oxygen atoms in total. The van der Waals surface area contributed by atoms with Crippen LogP contribution in [0.4, 0.5) is 5.13 Å². The molecule has 0 N–H and O–H groups in total. The van der Waals surface area contributed by atoms with Crippen LogP contribution >= 0.6 is 35.5 Å². The third-order valence-electron chi connectivity index (χ3n) is 5.01. The van der Waals surface area contributed by atoms with Crippen molar-refractivity contribution in [2.24, 2.45) is 0 Å². The van der Waals surface area contributed by atoms with Gasteiger partial charge in [0.25, 0.3) is 0 Å². The highest BCUT2D eigenvalue weighted by molar-refractivity contribution is 7.98. The zero-order valence-corrected chi connectivity index (χ0v) is 20.0. The molecule has 0 spiro atoms. The first-order valence-corrected chi connectivity index (χ1v) is 11.9. The van der Waals surface area contributed by atoms with Crippen LogP contribution < -0.4 is 4.90 Å². The van der Waals surface area contributed by atoms with Crippen molar-refractivity contribution in [2.45, 2.75) is 31.2 Å². The molecule has 0 fully saturated rings. The van der Waals surface area contributed by atoms with Gasteiger partial charge in [-0.1, -0.05) is 35.6 Å². The van der Waals surface area contributed by atoms with Gasteiger partial charge in [0, 0.05) is 30.4 Å². The summed E-state index contributed by atoms with van der Waals surface area (Å²) >= 11 is 3.29. The van der Waals surface area contributed by atoms with Crippen molar-refractivity contribution in [1.82, 2.24) is 14.5 Å². The van der Waals surface area contributed by atoms with E-state index in [0.717, 1.165) is 39.4 Å². The Labute approximate surface area is 196 Å². The topological polar surface area (TPSA) is 51.0 Å². The molecule has 2 heterocycles. The molecule has 0 bridgehead atoms. The molecule has 0 aliphatic rings. The first-order chi connectivity index (χ1) is 14.6. The van der Waals surface area contributed by atoms with Crippen molar-refractivity contribution in [1.29, 1.82) is 0 Å². The second-order valence-electron chi connectivity index (χ2n) is 7.14. The van der Waals surface area contributed by atoms with Gasteiger partial charge in [0.1, 0.15) is 0 Å². The van der Waals surface area contributed by atoms with E-state index in [1.54, 1.807) is 35.6 Å². The number of hydrogen-bond acceptors (Lipinski definition) is 5. The summed E-state index contributed by atoms with van der Waals surface area (Å²) in [6.45, 7) is 3.50. The fourth-order valence-electron chi connectivity index (χ4n) is 3.36. The largest absolute Gasteiger partial charge is 0.337 e. The van der Waals surface area contributed by atoms with Crippen LogP contribution in [0.2, 0.25) is 0 Å². The molecule has 0 aliphatic heterocycles. The smallest absolute Gasteiger partial charge is 0.233 e. The summed E-state index contributed by atoms with van der Waals surface area (Å²) in [5.74, 6) is 0.0780. The number of carbonyl (C=O) groups excluding carboxylic acids is 1. The number of para-hydroxylation sites is 1. The van der Waals surface area contributed by atoms with E-state index in [1.165, 1.54) is 4.90 Å². The highest BCUT2D eigenvalue weighted by Gasteiger charge is 2.20. The maximum atomic E-state index is 13.3. The van der Waals surface area contributed by atoms with Crippen LogP contribution in [-0.2, 0) is 17.8 Å². The highest BCUT2D eigenvalue weighted by atomic mass is 35.5. The van der Waals surface area contributed by atoms with Crippen molar-refractivity contribution in [3.05, 3.63) is 72.3 Å². The molecule has 0 aliphatic carbocycles. The first-order valence-electron chi connectivity index (χ1n) is 9.89. The van der Waals surface area contributed by atoms with Crippen molar-refractivity contribution in [3.63, 3.8) is 0 Å². The summed E-state index contributed by atoms with van der Waals surface area (Å²) in [6, 6.07) is 14.4. The summed E-state index contributed by atoms with van der Waals surface area (Å²) in [7, 11) is 0. The van der Waals surface area contributed by atoms with Gasteiger partial charge in [-0.2, -0.15) is 0 Å². The molecule has 0 saturated heterocycles. The first kappa shape index (κ1) is 23.3. The molecular weight excluding hydrogens is 448 g/mol. The van der Waals surface area contributed by atoms with Crippen molar-refractivity contribution in [2.75, 3.05) is 17.7 Å². The van der Waals surface area contributed by atoms with Crippen molar-refractivity contribution in [3.8, 4) is 0 Å². The normalized spacial score (nSPS) is 10.8. The Bertz CT molecular complexity index is 1130. The van der Waals surface area contributed by atoms with Crippen LogP contribution in [0, 0.1) is 6.92 Å². The predicted molar refractivity (Wildman–Crippen MR) is 133 cm³/mol. The number of imidazole rings is 1. The predicted octanol–water partition coefficient (Wildman–Crippen LogP) is 5.61. The SMILES string of the molecule is CSc1ccc(CC(=O)N(CCCn2ccnc2)c2nc3c(C)cccc3s2)cc1.Cl. The number of rotatable bonds is 8. The van der Waals surface area contributed by atoms with E-state index in [0.29, 0.717) is 13.0 Å². The molecular formula is C23H25ClN4OS2. The van der Waals surface area contributed by atoms with Crippen LogP contribution in [0.1, 0.15) is 17.5 Å². The van der Waals surface area contributed by atoms with E-state index >= 15 is 0 Å². The number of thiazole rings is 1. The summed E-state index contributed by atoms with van der Waals surface area (Å²) in [5, 5.41) is 0.774. The second-order valence-corrected chi connectivity index (χ2v) is 9.03. The summed E-state index contributed by atoms with van der Waals surface area (Å²) in [6.07, 6.45) is 8.78. The number of fused-ring (bicyclic) bond motifs is 1. The number of carbonyl (C=O) groups is 1. The number of aromatic nitrogens is 3. The minimum Gasteiger partial charge on any atom is -0.337 e. The molecule has 0 saturated carbocycles. The zero-order valence-electron chi connectivity index (χ0n) is 17.5. The minimum atomic E-state index is 0. The highest BCUT2D eigenvalue weighted by Crippen LogP contribution is 2.31. The molecule has 2 aromatic carbocycles. The Morgan fingerprint density at radius 1 is 1.19 bits per heavy atom. The number of halogens is 1. The molecule has 2 aromatic heterocycles. The third-order valence-corrected chi connectivity index (χ3v) is 6.80.